The summed E-state index contributed by atoms with van der Waals surface area (Å²) in [5, 5.41) is 212. The van der Waals surface area contributed by atoms with Crippen molar-refractivity contribution in [1.29, 1.82) is 0 Å². The Morgan fingerprint density at radius 2 is 0.599 bits per heavy atom. The van der Waals surface area contributed by atoms with Crippen LogP contribution >= 0.6 is 0 Å². The number of rotatable bonds is 69. The lowest BCUT2D eigenvalue weighted by Gasteiger charge is -2.46. The van der Waals surface area contributed by atoms with E-state index >= 15 is 0 Å². The van der Waals surface area contributed by atoms with Gasteiger partial charge in [0.15, 0.2) is 55.7 Å². The van der Waals surface area contributed by atoms with Crippen LogP contribution in [-0.4, -0.2) is 380 Å². The van der Waals surface area contributed by atoms with Gasteiger partial charge >= 0.3 is 23.9 Å². The molecule has 0 saturated carbocycles. The van der Waals surface area contributed by atoms with Crippen molar-refractivity contribution in [2.45, 2.75) is 534 Å². The van der Waals surface area contributed by atoms with Gasteiger partial charge in [-0.25, -0.2) is 4.79 Å². The number of esters is 3. The van der Waals surface area contributed by atoms with Crippen LogP contribution in [0.3, 0.4) is 0 Å². The lowest BCUT2D eigenvalue weighted by Crippen LogP contribution is -2.65. The van der Waals surface area contributed by atoms with Crippen LogP contribution in [0.2, 0.25) is 0 Å². The quantitative estimate of drug-likeness (QED) is 0.0227. The SMILES string of the molecule is CCCCC(CCC[C@H](O)C(O)CCCCCCCCCCCCCC[C@@H](O)C(C)=O)O[C@H]1OC[C@H](O)[C@@H](O)[C@@H]1O[C@H]1OC[C@H](O)[C@@H](O)[C@@H]1O[C@H]1O[C@@H](COC(=O)CC(C)C)[C@H](O)[C@@H](O)[C@@H]1O.CCCC[C@@H](CCC[C@H](O)[C@@H](O)CCCCCCCCCCCCCC[C@@H](O)C(=O)O)OC1OC[C@H](O)[C@@H](O)[C@@H]1O[C@H]1OC[C@H](OC(C)=O)[C@@H](O)[C@@H]1O[C@H]1O[C@@H](COC(=O)CC(C)C)[C@H](O)[C@@H](O)[C@@H]1O. The Bertz CT molecular complexity index is 3170. The third kappa shape index (κ3) is 46.3. The Balaban J connectivity index is 0.000000484. The van der Waals surface area contributed by atoms with E-state index < -0.39 is 259 Å². The molecule has 6 fully saturated rings. The molecule has 0 spiro atoms. The van der Waals surface area contributed by atoms with Crippen molar-refractivity contribution in [2.24, 2.45) is 11.8 Å². The molecule has 40 nitrogen and oxygen atoms in total. The van der Waals surface area contributed by atoms with Crippen molar-refractivity contribution < 1.29 is 197 Å². The maximum atomic E-state index is 12.3. The zero-order valence-electron chi connectivity index (χ0n) is 82.3. The van der Waals surface area contributed by atoms with E-state index in [4.69, 9.17) is 76.2 Å². The van der Waals surface area contributed by atoms with Gasteiger partial charge in [-0.1, -0.05) is 221 Å². The van der Waals surface area contributed by atoms with E-state index in [1.165, 1.54) is 39.0 Å². The van der Waals surface area contributed by atoms with E-state index in [1.807, 2.05) is 41.5 Å². The Morgan fingerprint density at radius 1 is 0.314 bits per heavy atom. The molecule has 0 aromatic rings. The highest BCUT2D eigenvalue weighted by Crippen LogP contribution is 2.37. The van der Waals surface area contributed by atoms with Crippen LogP contribution < -0.4 is 0 Å². The minimum absolute atomic E-state index is 0.00919. The summed E-state index contributed by atoms with van der Waals surface area (Å²) in [4.78, 5) is 58.2. The Hall–Kier alpha value is -3.69. The fourth-order valence-electron chi connectivity index (χ4n) is 17.4. The molecule has 0 aromatic heterocycles. The van der Waals surface area contributed by atoms with Crippen LogP contribution in [0.25, 0.3) is 0 Å². The molecule has 0 bridgehead atoms. The average molecular weight is 1980 g/mol. The first kappa shape index (κ1) is 124. The number of carboxylic acids is 1. The summed E-state index contributed by atoms with van der Waals surface area (Å²) < 4.78 is 87.4. The summed E-state index contributed by atoms with van der Waals surface area (Å²) in [5.74, 6) is -3.29. The highest BCUT2D eigenvalue weighted by molar-refractivity contribution is 5.80. The third-order valence-electron chi connectivity index (χ3n) is 26.0. The smallest absolute Gasteiger partial charge is 0.332 e. The normalized spacial score (nSPS) is 31.7. The number of Topliss-reactive ketones (excluding diaryl/α,β-unsaturated/α-hetero) is 1. The molecular formula is C97H176O40. The lowest BCUT2D eigenvalue weighted by molar-refractivity contribution is -0.380. The largest absolute Gasteiger partial charge is 0.479 e. The number of ether oxygens (including phenoxy) is 15. The molecule has 20 N–H and O–H groups in total. The standard InChI is InChI=1S/C49H88O21.C48H88O19/c1-5-6-20-31(21-19-24-33(52)32(51)22-17-15-13-11-9-7-8-10-12-14-16-18-23-34(53)46(61)62)67-48-44(39(56)35(54)26-64-48)70-49-45(41(58)37(28-65-49)66-30(4)50)69-47-43(60)42(59)40(57)36(68-47)27-63-38(55)25-29(2)3;1-5-6-20-31(21-19-24-34(52)33(51)23-18-16-14-12-10-8-7-9-11-13-15-17-22-32(50)30(4)49)64-47-44(39(56)35(53)26-62-47)67-48-45(40(57)36(54)27-63-48)66-46-43(60)42(59)41(58)37(65-46)28-61-38(55)25-29(2)3/h29,31-37,39-45,47-49,51-54,56-60H,5-28H2,1-4H3,(H,61,62);29,31-37,39-48,50-54,56-60H,5-28H2,1-4H3/t31-,32-,33-,34+,35-,36-,37-,39+,40-,41+,42+,43-,44-,45-,47+,48?,49+;31?,32-,33?,34+,35+,36+,37+,39-,40-,41+,42-,43+,44+,45+,46-,47-,48-/m01/s1. The molecule has 0 aromatic carbocycles. The number of carboxylic acid groups (broad SMARTS) is 1. The summed E-state index contributed by atoms with van der Waals surface area (Å²) in [7, 11) is 0. The van der Waals surface area contributed by atoms with E-state index in [1.54, 1.807) is 0 Å². The van der Waals surface area contributed by atoms with Crippen LogP contribution in [-0.2, 0) is 95.0 Å². The highest BCUT2D eigenvalue weighted by atomic mass is 16.8. The molecule has 6 heterocycles. The number of hydrogen-bond donors (Lipinski definition) is 20. The number of carbonyl (C=O) groups is 5. The van der Waals surface area contributed by atoms with Crippen LogP contribution in [0.1, 0.15) is 325 Å². The number of aliphatic hydroxyl groups excluding tert-OH is 19. The maximum Gasteiger partial charge on any atom is 0.332 e. The number of aliphatic carboxylic acids is 1. The van der Waals surface area contributed by atoms with Gasteiger partial charge in [-0.2, -0.15) is 0 Å². The summed E-state index contributed by atoms with van der Waals surface area (Å²) in [6.07, 6.45) is -13.9. The minimum atomic E-state index is -1.91. The van der Waals surface area contributed by atoms with Gasteiger partial charge in [-0.15, -0.1) is 0 Å². The van der Waals surface area contributed by atoms with Crippen LogP contribution in [0, 0.1) is 11.8 Å². The fraction of sp³-hybridized carbons (Fsp3) is 0.948. The highest BCUT2D eigenvalue weighted by Gasteiger charge is 2.55. The molecule has 34 atom stereocenters. The molecule has 0 amide bonds. The number of ketones is 1. The first-order valence-electron chi connectivity index (χ1n) is 51.1. The Kier molecular flexibility index (Phi) is 62.0. The second kappa shape index (κ2) is 68.6. The van der Waals surface area contributed by atoms with Gasteiger partial charge in [-0.05, 0) is 95.8 Å². The first-order valence-corrected chi connectivity index (χ1v) is 51.1. The molecule has 40 heteroatoms. The number of unbranched alkanes of at least 4 members (excludes halogenated alkanes) is 24. The van der Waals surface area contributed by atoms with Crippen LogP contribution in [0.4, 0.5) is 0 Å². The third-order valence-corrected chi connectivity index (χ3v) is 26.0. The number of hydrogen-bond acceptors (Lipinski definition) is 39. The molecule has 0 radical (unpaired) electrons. The van der Waals surface area contributed by atoms with E-state index in [9.17, 15) is 121 Å². The topological polar surface area (TPSA) is 628 Å². The van der Waals surface area contributed by atoms with E-state index in [0.29, 0.717) is 77.0 Å². The molecule has 6 aliphatic rings. The zero-order chi connectivity index (χ0) is 101. The predicted octanol–water partition coefficient (Wildman–Crippen LogP) is 4.44. The average Bonchev–Trinajstić information content (AvgIpc) is 0.785. The Labute approximate surface area is 808 Å². The zero-order valence-corrected chi connectivity index (χ0v) is 82.3. The molecule has 804 valence electrons. The van der Waals surface area contributed by atoms with Gasteiger partial charge in [-0.3, -0.25) is 19.2 Å². The van der Waals surface area contributed by atoms with Crippen molar-refractivity contribution in [3.8, 4) is 0 Å². The molecule has 3 unspecified atom stereocenters. The van der Waals surface area contributed by atoms with Crippen molar-refractivity contribution in [1.82, 2.24) is 0 Å². The molecule has 6 saturated heterocycles. The molecule has 0 aliphatic carbocycles. The summed E-state index contributed by atoms with van der Waals surface area (Å²) in [6, 6.07) is 0. The van der Waals surface area contributed by atoms with Gasteiger partial charge in [0.05, 0.1) is 63.1 Å². The van der Waals surface area contributed by atoms with E-state index in [0.717, 1.165) is 155 Å². The maximum absolute atomic E-state index is 12.3. The number of aliphatic hydroxyl groups is 19. The second-order valence-corrected chi connectivity index (χ2v) is 39.2. The lowest BCUT2D eigenvalue weighted by atomic mass is 9.98. The van der Waals surface area contributed by atoms with Crippen molar-refractivity contribution in [2.75, 3.05) is 39.6 Å². The van der Waals surface area contributed by atoms with Gasteiger partial charge in [0.2, 0.25) is 0 Å². The minimum Gasteiger partial charge on any atom is -0.479 e. The molecule has 6 rings (SSSR count). The van der Waals surface area contributed by atoms with Crippen LogP contribution in [0.15, 0.2) is 0 Å². The fourth-order valence-corrected chi connectivity index (χ4v) is 17.4. The summed E-state index contributed by atoms with van der Waals surface area (Å²) in [6.45, 7) is 11.3. The van der Waals surface area contributed by atoms with E-state index in [2.05, 4.69) is 0 Å². The van der Waals surface area contributed by atoms with Crippen molar-refractivity contribution in [3.05, 3.63) is 0 Å². The van der Waals surface area contributed by atoms with Crippen molar-refractivity contribution in [3.63, 3.8) is 0 Å². The van der Waals surface area contributed by atoms with Gasteiger partial charge in [0, 0.05) is 19.8 Å². The monoisotopic (exact) mass is 1980 g/mol. The number of carbonyl (C=O) groups excluding carboxylic acids is 4. The Morgan fingerprint density at radius 3 is 0.920 bits per heavy atom. The molecule has 137 heavy (non-hydrogen) atoms. The summed E-state index contributed by atoms with van der Waals surface area (Å²) in [5.41, 5.74) is 0. The first-order chi connectivity index (χ1) is 65.3. The predicted molar refractivity (Wildman–Crippen MR) is 490 cm³/mol. The van der Waals surface area contributed by atoms with Crippen molar-refractivity contribution >= 4 is 29.7 Å². The molecular weight excluding hydrogens is 1810 g/mol. The van der Waals surface area contributed by atoms with E-state index in [-0.39, 0.29) is 43.7 Å². The second-order valence-electron chi connectivity index (χ2n) is 39.2. The van der Waals surface area contributed by atoms with Crippen LogP contribution in [0.5, 0.6) is 0 Å². The van der Waals surface area contributed by atoms with Gasteiger partial charge in [0.1, 0.15) is 135 Å². The molecule has 6 aliphatic heterocycles. The van der Waals surface area contributed by atoms with Gasteiger partial charge < -0.3 is 173 Å². The summed E-state index contributed by atoms with van der Waals surface area (Å²) >= 11 is 0. The van der Waals surface area contributed by atoms with Gasteiger partial charge in [0.25, 0.3) is 0 Å².